The molecular formula is C14H16BrF2IN2O. The number of likely N-dealkylation sites (tertiary alicyclic amines) is 1. The SMILES string of the molecule is O=C(NC1CCN(CC(F)F)CC1)c1cc(Br)ccc1I. The second kappa shape index (κ2) is 7.82. The lowest BCUT2D eigenvalue weighted by Crippen LogP contribution is -2.45. The van der Waals surface area contributed by atoms with Gasteiger partial charge in [0.2, 0.25) is 0 Å². The van der Waals surface area contributed by atoms with Crippen LogP contribution in [0.1, 0.15) is 23.2 Å². The van der Waals surface area contributed by atoms with Crippen LogP contribution in [0.4, 0.5) is 8.78 Å². The first-order valence-corrected chi connectivity index (χ1v) is 8.59. The summed E-state index contributed by atoms with van der Waals surface area (Å²) < 4.78 is 26.4. The normalized spacial score (nSPS) is 17.2. The van der Waals surface area contributed by atoms with Crippen LogP contribution in [-0.4, -0.2) is 42.9 Å². The number of rotatable bonds is 4. The number of amides is 1. The van der Waals surface area contributed by atoms with Crippen molar-refractivity contribution in [1.29, 1.82) is 0 Å². The Morgan fingerprint density at radius 1 is 1.43 bits per heavy atom. The third-order valence-electron chi connectivity index (χ3n) is 3.49. The fraction of sp³-hybridized carbons (Fsp3) is 0.500. The molecular weight excluding hydrogens is 457 g/mol. The molecule has 0 aromatic heterocycles. The van der Waals surface area contributed by atoms with Crippen LogP contribution in [0, 0.1) is 3.57 Å². The summed E-state index contributed by atoms with van der Waals surface area (Å²) in [7, 11) is 0. The second-order valence-electron chi connectivity index (χ2n) is 5.06. The molecule has 0 radical (unpaired) electrons. The zero-order chi connectivity index (χ0) is 15.4. The van der Waals surface area contributed by atoms with E-state index in [2.05, 4.69) is 43.8 Å². The molecule has 1 aromatic rings. The predicted molar refractivity (Wildman–Crippen MR) is 89.8 cm³/mol. The van der Waals surface area contributed by atoms with Crippen molar-refractivity contribution >= 4 is 44.4 Å². The third-order valence-corrected chi connectivity index (χ3v) is 4.93. The lowest BCUT2D eigenvalue weighted by molar-refractivity contribution is 0.0696. The highest BCUT2D eigenvalue weighted by molar-refractivity contribution is 14.1. The molecule has 1 N–H and O–H groups in total. The highest BCUT2D eigenvalue weighted by atomic mass is 127. The van der Waals surface area contributed by atoms with Gasteiger partial charge >= 0.3 is 0 Å². The maximum atomic E-state index is 12.3. The van der Waals surface area contributed by atoms with Crippen molar-refractivity contribution in [3.05, 3.63) is 31.8 Å². The first-order valence-electron chi connectivity index (χ1n) is 6.72. The van der Waals surface area contributed by atoms with E-state index in [1.165, 1.54) is 0 Å². The van der Waals surface area contributed by atoms with Crippen LogP contribution >= 0.6 is 38.5 Å². The highest BCUT2D eigenvalue weighted by Crippen LogP contribution is 2.19. The number of nitrogens with one attached hydrogen (secondary N) is 1. The van der Waals surface area contributed by atoms with Crippen LogP contribution < -0.4 is 5.32 Å². The summed E-state index contributed by atoms with van der Waals surface area (Å²) in [5.74, 6) is -0.104. The number of halogens is 4. The van der Waals surface area contributed by atoms with Crippen LogP contribution in [0.5, 0.6) is 0 Å². The number of piperidine rings is 1. The number of benzene rings is 1. The van der Waals surface area contributed by atoms with Crippen LogP contribution in [0.2, 0.25) is 0 Å². The average molecular weight is 473 g/mol. The summed E-state index contributed by atoms with van der Waals surface area (Å²) in [6.45, 7) is 1.03. The summed E-state index contributed by atoms with van der Waals surface area (Å²) in [6, 6.07) is 5.62. The van der Waals surface area contributed by atoms with Gasteiger partial charge in [0.25, 0.3) is 12.3 Å². The first kappa shape index (κ1) is 17.1. The Bertz CT molecular complexity index is 508. The van der Waals surface area contributed by atoms with Gasteiger partial charge in [-0.05, 0) is 53.6 Å². The zero-order valence-electron chi connectivity index (χ0n) is 11.3. The molecule has 21 heavy (non-hydrogen) atoms. The van der Waals surface area contributed by atoms with Gasteiger partial charge in [-0.1, -0.05) is 15.9 Å². The standard InChI is InChI=1S/C14H16BrF2IN2O/c15-9-1-2-12(18)11(7-9)14(21)19-10-3-5-20(6-4-10)8-13(16)17/h1-2,7,10,13H,3-6,8H2,(H,19,21). The fourth-order valence-electron chi connectivity index (χ4n) is 2.39. The highest BCUT2D eigenvalue weighted by Gasteiger charge is 2.23. The van der Waals surface area contributed by atoms with Crippen LogP contribution in [0.3, 0.4) is 0 Å². The van der Waals surface area contributed by atoms with Crippen LogP contribution in [0.25, 0.3) is 0 Å². The minimum Gasteiger partial charge on any atom is -0.349 e. The number of nitrogens with zero attached hydrogens (tertiary/aromatic N) is 1. The van der Waals surface area contributed by atoms with Crippen molar-refractivity contribution in [2.24, 2.45) is 0 Å². The molecule has 1 aromatic carbocycles. The quantitative estimate of drug-likeness (QED) is 0.680. The van der Waals surface area contributed by atoms with Crippen molar-refractivity contribution in [2.75, 3.05) is 19.6 Å². The summed E-state index contributed by atoms with van der Waals surface area (Å²) in [5.41, 5.74) is 0.639. The van der Waals surface area contributed by atoms with Gasteiger partial charge in [-0.15, -0.1) is 0 Å². The van der Waals surface area contributed by atoms with E-state index < -0.39 is 6.43 Å². The van der Waals surface area contributed by atoms with Crippen molar-refractivity contribution < 1.29 is 13.6 Å². The Labute approximate surface area is 144 Å². The molecule has 1 aliphatic rings. The molecule has 3 nitrogen and oxygen atoms in total. The maximum absolute atomic E-state index is 12.3. The van der Waals surface area contributed by atoms with Gasteiger partial charge in [-0.3, -0.25) is 9.69 Å². The molecule has 1 amide bonds. The lowest BCUT2D eigenvalue weighted by atomic mass is 10.0. The van der Waals surface area contributed by atoms with Gasteiger partial charge in [0.05, 0.1) is 12.1 Å². The van der Waals surface area contributed by atoms with Gasteiger partial charge in [-0.2, -0.15) is 0 Å². The topological polar surface area (TPSA) is 32.3 Å². The van der Waals surface area contributed by atoms with E-state index in [1.807, 2.05) is 12.1 Å². The minimum atomic E-state index is -2.29. The molecule has 7 heteroatoms. The van der Waals surface area contributed by atoms with Crippen LogP contribution in [-0.2, 0) is 0 Å². The van der Waals surface area contributed by atoms with E-state index in [0.717, 1.165) is 8.04 Å². The van der Waals surface area contributed by atoms with E-state index in [4.69, 9.17) is 0 Å². The van der Waals surface area contributed by atoms with E-state index in [0.29, 0.717) is 31.5 Å². The molecule has 1 heterocycles. The largest absolute Gasteiger partial charge is 0.349 e. The summed E-state index contributed by atoms with van der Waals surface area (Å²) in [4.78, 5) is 14.0. The fourth-order valence-corrected chi connectivity index (χ4v) is 3.33. The third kappa shape index (κ3) is 5.14. The Hall–Kier alpha value is -0.280. The number of carbonyl (C=O) groups is 1. The van der Waals surface area contributed by atoms with E-state index in [-0.39, 0.29) is 18.5 Å². The molecule has 0 unspecified atom stereocenters. The summed E-state index contributed by atoms with van der Waals surface area (Å²) >= 11 is 5.49. The molecule has 116 valence electrons. The molecule has 0 atom stereocenters. The van der Waals surface area contributed by atoms with E-state index in [9.17, 15) is 13.6 Å². The van der Waals surface area contributed by atoms with E-state index >= 15 is 0 Å². The van der Waals surface area contributed by atoms with Crippen molar-refractivity contribution in [1.82, 2.24) is 10.2 Å². The Balaban J connectivity index is 1.88. The number of alkyl halides is 2. The smallest absolute Gasteiger partial charge is 0.252 e. The Morgan fingerprint density at radius 2 is 2.10 bits per heavy atom. The molecule has 0 aliphatic carbocycles. The lowest BCUT2D eigenvalue weighted by Gasteiger charge is -2.32. The van der Waals surface area contributed by atoms with Gasteiger partial charge in [0, 0.05) is 27.2 Å². The molecule has 1 fully saturated rings. The molecule has 2 rings (SSSR count). The maximum Gasteiger partial charge on any atom is 0.252 e. The summed E-state index contributed by atoms with van der Waals surface area (Å²) in [5, 5.41) is 3.00. The molecule has 1 saturated heterocycles. The molecule has 1 aliphatic heterocycles. The Morgan fingerprint density at radius 3 is 2.71 bits per heavy atom. The number of carbonyl (C=O) groups excluding carboxylic acids is 1. The zero-order valence-corrected chi connectivity index (χ0v) is 15.0. The predicted octanol–water partition coefficient (Wildman–Crippen LogP) is 3.51. The minimum absolute atomic E-state index is 0.0567. The van der Waals surface area contributed by atoms with Crippen molar-refractivity contribution in [2.45, 2.75) is 25.3 Å². The van der Waals surface area contributed by atoms with Gasteiger partial charge < -0.3 is 5.32 Å². The monoisotopic (exact) mass is 472 g/mol. The van der Waals surface area contributed by atoms with Crippen molar-refractivity contribution in [3.63, 3.8) is 0 Å². The number of hydrogen-bond acceptors (Lipinski definition) is 2. The molecule has 0 bridgehead atoms. The van der Waals surface area contributed by atoms with Gasteiger partial charge in [-0.25, -0.2) is 8.78 Å². The van der Waals surface area contributed by atoms with Crippen LogP contribution in [0.15, 0.2) is 22.7 Å². The van der Waals surface area contributed by atoms with Gasteiger partial charge in [0.15, 0.2) is 0 Å². The van der Waals surface area contributed by atoms with Gasteiger partial charge in [0.1, 0.15) is 0 Å². The first-order chi connectivity index (χ1) is 9.95. The Kier molecular flexibility index (Phi) is 6.36. The second-order valence-corrected chi connectivity index (χ2v) is 7.14. The molecule has 0 saturated carbocycles. The molecule has 0 spiro atoms. The van der Waals surface area contributed by atoms with E-state index in [1.54, 1.807) is 11.0 Å². The number of hydrogen-bond donors (Lipinski definition) is 1. The average Bonchev–Trinajstić information content (AvgIpc) is 2.43. The summed E-state index contributed by atoms with van der Waals surface area (Å²) in [6.07, 6.45) is -0.870. The van der Waals surface area contributed by atoms with Crippen molar-refractivity contribution in [3.8, 4) is 0 Å².